The quantitative estimate of drug-likeness (QED) is 0.837. The van der Waals surface area contributed by atoms with Crippen LogP contribution in [0.5, 0.6) is 0 Å². The summed E-state index contributed by atoms with van der Waals surface area (Å²) >= 11 is 5.96. The van der Waals surface area contributed by atoms with Gasteiger partial charge in [0.1, 0.15) is 0 Å². The highest BCUT2D eigenvalue weighted by Gasteiger charge is 2.39. The molecule has 1 saturated carbocycles. The molecule has 2 rings (SSSR count). The zero-order valence-corrected chi connectivity index (χ0v) is 11.3. The molecule has 0 aromatic heterocycles. The van der Waals surface area contributed by atoms with Gasteiger partial charge in [0.15, 0.2) is 0 Å². The maximum atomic E-state index is 5.96. The van der Waals surface area contributed by atoms with Crippen molar-refractivity contribution >= 4 is 11.6 Å². The van der Waals surface area contributed by atoms with Crippen molar-refractivity contribution in [1.82, 2.24) is 0 Å². The summed E-state index contributed by atoms with van der Waals surface area (Å²) < 4.78 is 0. The highest BCUT2D eigenvalue weighted by Crippen LogP contribution is 2.48. The molecule has 94 valence electrons. The summed E-state index contributed by atoms with van der Waals surface area (Å²) in [5.74, 6) is 0.718. The third kappa shape index (κ3) is 2.83. The topological polar surface area (TPSA) is 26.0 Å². The molecule has 0 aliphatic heterocycles. The number of benzene rings is 1. The van der Waals surface area contributed by atoms with Crippen molar-refractivity contribution in [3.63, 3.8) is 0 Å². The van der Waals surface area contributed by atoms with E-state index in [4.69, 9.17) is 17.3 Å². The molecule has 1 aromatic carbocycles. The molecule has 0 heterocycles. The fraction of sp³-hybridized carbons (Fsp3) is 0.600. The van der Waals surface area contributed by atoms with Crippen molar-refractivity contribution in [2.75, 3.05) is 6.54 Å². The maximum absolute atomic E-state index is 5.96. The van der Waals surface area contributed by atoms with Crippen LogP contribution in [0.1, 0.15) is 44.6 Å². The van der Waals surface area contributed by atoms with Crippen LogP contribution in [0, 0.1) is 5.92 Å². The standard InChI is InChI=1S/C15H22ClN/c1-12(7-10-17)11-15(8-2-9-15)13-3-5-14(16)6-4-13/h3-6,12H,2,7-11,17H2,1H3. The van der Waals surface area contributed by atoms with E-state index in [-0.39, 0.29) is 0 Å². The molecule has 1 aliphatic carbocycles. The number of rotatable bonds is 5. The summed E-state index contributed by atoms with van der Waals surface area (Å²) in [6, 6.07) is 8.45. The van der Waals surface area contributed by atoms with Gasteiger partial charge in [0, 0.05) is 5.02 Å². The van der Waals surface area contributed by atoms with Crippen LogP contribution in [0.3, 0.4) is 0 Å². The lowest BCUT2D eigenvalue weighted by Crippen LogP contribution is -2.36. The Labute approximate surface area is 109 Å². The molecular weight excluding hydrogens is 230 g/mol. The minimum absolute atomic E-state index is 0.416. The third-order valence-corrected chi connectivity index (χ3v) is 4.42. The molecule has 2 heteroatoms. The number of halogens is 1. The zero-order valence-electron chi connectivity index (χ0n) is 10.6. The Bertz CT molecular complexity index is 354. The average Bonchev–Trinajstić information content (AvgIpc) is 2.25. The van der Waals surface area contributed by atoms with Crippen molar-refractivity contribution in [3.8, 4) is 0 Å². The fourth-order valence-corrected chi connectivity index (χ4v) is 3.20. The summed E-state index contributed by atoms with van der Waals surface area (Å²) in [4.78, 5) is 0. The Balaban J connectivity index is 2.11. The second-order valence-corrected chi connectivity index (χ2v) is 5.96. The second-order valence-electron chi connectivity index (χ2n) is 5.53. The molecule has 17 heavy (non-hydrogen) atoms. The van der Waals surface area contributed by atoms with E-state index in [9.17, 15) is 0 Å². The first-order valence-electron chi connectivity index (χ1n) is 6.62. The van der Waals surface area contributed by atoms with E-state index in [0.29, 0.717) is 5.41 Å². The van der Waals surface area contributed by atoms with E-state index >= 15 is 0 Å². The van der Waals surface area contributed by atoms with Gasteiger partial charge in [-0.2, -0.15) is 0 Å². The van der Waals surface area contributed by atoms with Crippen LogP contribution in [-0.4, -0.2) is 6.54 Å². The van der Waals surface area contributed by atoms with E-state index in [2.05, 4.69) is 19.1 Å². The predicted octanol–water partition coefficient (Wildman–Crippen LogP) is 4.14. The van der Waals surface area contributed by atoms with Crippen molar-refractivity contribution in [1.29, 1.82) is 0 Å². The van der Waals surface area contributed by atoms with Gasteiger partial charge < -0.3 is 5.73 Å². The Morgan fingerprint density at radius 3 is 2.41 bits per heavy atom. The van der Waals surface area contributed by atoms with Gasteiger partial charge in [0.2, 0.25) is 0 Å². The van der Waals surface area contributed by atoms with Gasteiger partial charge >= 0.3 is 0 Å². The predicted molar refractivity (Wildman–Crippen MR) is 74.4 cm³/mol. The lowest BCUT2D eigenvalue weighted by atomic mass is 9.60. The first-order chi connectivity index (χ1) is 8.16. The molecule has 1 aliphatic rings. The Hall–Kier alpha value is -0.530. The molecule has 0 amide bonds. The second kappa shape index (κ2) is 5.41. The van der Waals surface area contributed by atoms with Crippen LogP contribution in [0.25, 0.3) is 0 Å². The largest absolute Gasteiger partial charge is 0.330 e. The third-order valence-electron chi connectivity index (χ3n) is 4.17. The molecule has 0 saturated heterocycles. The highest BCUT2D eigenvalue weighted by atomic mass is 35.5. The molecule has 1 fully saturated rings. The Morgan fingerprint density at radius 1 is 1.29 bits per heavy atom. The monoisotopic (exact) mass is 251 g/mol. The SMILES string of the molecule is CC(CCN)CC1(c2ccc(Cl)cc2)CCC1. The van der Waals surface area contributed by atoms with Crippen molar-refractivity contribution in [2.24, 2.45) is 11.7 Å². The van der Waals surface area contributed by atoms with Crippen LogP contribution < -0.4 is 5.73 Å². The van der Waals surface area contributed by atoms with Gasteiger partial charge in [0.05, 0.1) is 0 Å². The van der Waals surface area contributed by atoms with Crippen LogP contribution >= 0.6 is 11.6 Å². The van der Waals surface area contributed by atoms with Crippen LogP contribution in [0.2, 0.25) is 5.02 Å². The summed E-state index contributed by atoms with van der Waals surface area (Å²) in [5.41, 5.74) is 7.53. The van der Waals surface area contributed by atoms with Gasteiger partial charge in [-0.25, -0.2) is 0 Å². The Morgan fingerprint density at radius 2 is 1.94 bits per heavy atom. The van der Waals surface area contributed by atoms with E-state index < -0.39 is 0 Å². The molecular formula is C15H22ClN. The fourth-order valence-electron chi connectivity index (χ4n) is 3.07. The van der Waals surface area contributed by atoms with Crippen molar-refractivity contribution < 1.29 is 0 Å². The van der Waals surface area contributed by atoms with Crippen LogP contribution in [0.4, 0.5) is 0 Å². The minimum Gasteiger partial charge on any atom is -0.330 e. The zero-order chi connectivity index (χ0) is 12.3. The lowest BCUT2D eigenvalue weighted by Gasteiger charge is -2.44. The van der Waals surface area contributed by atoms with Crippen molar-refractivity contribution in [3.05, 3.63) is 34.9 Å². The summed E-state index contributed by atoms with van der Waals surface area (Å²) in [6.07, 6.45) is 6.41. The molecule has 2 N–H and O–H groups in total. The normalized spacial score (nSPS) is 19.7. The molecule has 1 aromatic rings. The minimum atomic E-state index is 0.416. The first-order valence-corrected chi connectivity index (χ1v) is 7.00. The molecule has 0 spiro atoms. The van der Waals surface area contributed by atoms with E-state index in [0.717, 1.165) is 23.9 Å². The number of nitrogens with two attached hydrogens (primary N) is 1. The molecule has 1 unspecified atom stereocenters. The van der Waals surface area contributed by atoms with Crippen molar-refractivity contribution in [2.45, 2.75) is 44.4 Å². The molecule has 0 bridgehead atoms. The first kappa shape index (κ1) is 12.9. The van der Waals surface area contributed by atoms with Gasteiger partial charge in [0.25, 0.3) is 0 Å². The van der Waals surface area contributed by atoms with Crippen LogP contribution in [-0.2, 0) is 5.41 Å². The van der Waals surface area contributed by atoms with Gasteiger partial charge in [-0.3, -0.25) is 0 Å². The molecule has 0 radical (unpaired) electrons. The number of hydrogen-bond donors (Lipinski definition) is 1. The smallest absolute Gasteiger partial charge is 0.0406 e. The van der Waals surface area contributed by atoms with Crippen LogP contribution in [0.15, 0.2) is 24.3 Å². The molecule has 1 atom stereocenters. The maximum Gasteiger partial charge on any atom is 0.0406 e. The van der Waals surface area contributed by atoms with Gasteiger partial charge in [-0.1, -0.05) is 37.1 Å². The summed E-state index contributed by atoms with van der Waals surface area (Å²) in [5, 5.41) is 0.832. The summed E-state index contributed by atoms with van der Waals surface area (Å²) in [6.45, 7) is 3.13. The van der Waals surface area contributed by atoms with E-state index in [1.165, 1.54) is 31.2 Å². The Kier molecular flexibility index (Phi) is 4.11. The highest BCUT2D eigenvalue weighted by molar-refractivity contribution is 6.30. The molecule has 1 nitrogen and oxygen atoms in total. The lowest BCUT2D eigenvalue weighted by molar-refractivity contribution is 0.191. The number of hydrogen-bond acceptors (Lipinski definition) is 1. The van der Waals surface area contributed by atoms with Gasteiger partial charge in [-0.05, 0) is 61.3 Å². The summed E-state index contributed by atoms with van der Waals surface area (Å²) in [7, 11) is 0. The average molecular weight is 252 g/mol. The van der Waals surface area contributed by atoms with E-state index in [1.807, 2.05) is 12.1 Å². The van der Waals surface area contributed by atoms with Gasteiger partial charge in [-0.15, -0.1) is 0 Å². The van der Waals surface area contributed by atoms with E-state index in [1.54, 1.807) is 0 Å².